The molecule has 2 aromatic rings. The molecule has 128 valence electrons. The number of methoxy groups -OCH3 is 1. The zero-order chi connectivity index (χ0) is 18.1. The van der Waals surface area contributed by atoms with E-state index in [0.717, 1.165) is 6.42 Å². The van der Waals surface area contributed by atoms with Gasteiger partial charge >= 0.3 is 0 Å². The van der Waals surface area contributed by atoms with Crippen molar-refractivity contribution >= 4 is 17.7 Å². The van der Waals surface area contributed by atoms with Crippen LogP contribution in [0, 0.1) is 11.3 Å². The number of carbonyl (C=O) groups excluding carboxylic acids is 1. The smallest absolute Gasteiger partial charge is 0.266 e. The highest BCUT2D eigenvalue weighted by Crippen LogP contribution is 2.29. The summed E-state index contributed by atoms with van der Waals surface area (Å²) in [5.74, 6) is 0.732. The Labute approximate surface area is 147 Å². The van der Waals surface area contributed by atoms with Gasteiger partial charge in [0.25, 0.3) is 5.91 Å². The fourth-order valence-corrected chi connectivity index (χ4v) is 2.14. The molecule has 5 heteroatoms. The first-order chi connectivity index (χ1) is 12.2. The first kappa shape index (κ1) is 18.1. The van der Waals surface area contributed by atoms with Crippen LogP contribution < -0.4 is 14.8 Å². The zero-order valence-electron chi connectivity index (χ0n) is 14.3. The predicted molar refractivity (Wildman–Crippen MR) is 97.4 cm³/mol. The number of amides is 1. The summed E-state index contributed by atoms with van der Waals surface area (Å²) in [6.07, 6.45) is 2.41. The van der Waals surface area contributed by atoms with Crippen LogP contribution in [-0.4, -0.2) is 19.6 Å². The number of benzene rings is 2. The Balaban J connectivity index is 2.21. The average molecular weight is 336 g/mol. The van der Waals surface area contributed by atoms with Crippen molar-refractivity contribution in [1.82, 2.24) is 0 Å². The molecular formula is C20H20N2O3. The lowest BCUT2D eigenvalue weighted by molar-refractivity contribution is -0.112. The molecule has 0 spiro atoms. The molecule has 0 fully saturated rings. The van der Waals surface area contributed by atoms with Gasteiger partial charge in [-0.3, -0.25) is 4.79 Å². The summed E-state index contributed by atoms with van der Waals surface area (Å²) < 4.78 is 10.9. The maximum Gasteiger partial charge on any atom is 0.266 e. The van der Waals surface area contributed by atoms with E-state index in [9.17, 15) is 10.1 Å². The number of para-hydroxylation sites is 1. The lowest BCUT2D eigenvalue weighted by atomic mass is 10.1. The van der Waals surface area contributed by atoms with Crippen LogP contribution in [0.15, 0.2) is 54.1 Å². The maximum atomic E-state index is 12.3. The van der Waals surface area contributed by atoms with Gasteiger partial charge in [0.05, 0.1) is 13.7 Å². The topological polar surface area (TPSA) is 71.3 Å². The molecule has 0 radical (unpaired) electrons. The molecule has 0 heterocycles. The molecule has 0 aliphatic rings. The summed E-state index contributed by atoms with van der Waals surface area (Å²) in [5, 5.41) is 12.0. The lowest BCUT2D eigenvalue weighted by Gasteiger charge is -2.10. The SMILES string of the molecule is CCCOc1ccc(/C=C(\C#N)C(=O)Nc2ccccc2)cc1OC. The molecule has 0 aliphatic carbocycles. The number of hydrogen-bond donors (Lipinski definition) is 1. The van der Waals surface area contributed by atoms with E-state index in [1.165, 1.54) is 6.08 Å². The molecule has 0 aliphatic heterocycles. The number of nitrogens with zero attached hydrogens (tertiary/aromatic N) is 1. The molecule has 0 saturated carbocycles. The van der Waals surface area contributed by atoms with Crippen LogP contribution >= 0.6 is 0 Å². The molecule has 0 bridgehead atoms. The van der Waals surface area contributed by atoms with Crippen molar-refractivity contribution in [2.24, 2.45) is 0 Å². The van der Waals surface area contributed by atoms with Crippen molar-refractivity contribution in [3.63, 3.8) is 0 Å². The van der Waals surface area contributed by atoms with E-state index < -0.39 is 5.91 Å². The third-order valence-corrected chi connectivity index (χ3v) is 3.36. The van der Waals surface area contributed by atoms with Gasteiger partial charge in [-0.05, 0) is 42.3 Å². The number of nitriles is 1. The van der Waals surface area contributed by atoms with Crippen LogP contribution in [0.5, 0.6) is 11.5 Å². The Morgan fingerprint density at radius 3 is 2.60 bits per heavy atom. The molecule has 2 aromatic carbocycles. The summed E-state index contributed by atoms with van der Waals surface area (Å²) in [7, 11) is 1.55. The Morgan fingerprint density at radius 1 is 1.20 bits per heavy atom. The molecule has 0 unspecified atom stereocenters. The van der Waals surface area contributed by atoms with E-state index in [2.05, 4.69) is 5.32 Å². The van der Waals surface area contributed by atoms with Gasteiger partial charge < -0.3 is 14.8 Å². The van der Waals surface area contributed by atoms with E-state index in [1.807, 2.05) is 31.2 Å². The fourth-order valence-electron chi connectivity index (χ4n) is 2.14. The Bertz CT molecular complexity index is 792. The fraction of sp³-hybridized carbons (Fsp3) is 0.200. The summed E-state index contributed by atoms with van der Waals surface area (Å²) in [6.45, 7) is 2.61. The summed E-state index contributed by atoms with van der Waals surface area (Å²) in [5.41, 5.74) is 1.32. The number of rotatable bonds is 7. The second-order valence-corrected chi connectivity index (χ2v) is 5.25. The third kappa shape index (κ3) is 5.11. The van der Waals surface area contributed by atoms with Crippen LogP contribution in [-0.2, 0) is 4.79 Å². The summed E-state index contributed by atoms with van der Waals surface area (Å²) in [6, 6.07) is 16.2. The standard InChI is InChI=1S/C20H20N2O3/c1-3-11-25-18-10-9-15(13-19(18)24-2)12-16(14-21)20(23)22-17-7-5-4-6-8-17/h4-10,12-13H,3,11H2,1-2H3,(H,22,23)/b16-12+. The van der Waals surface area contributed by atoms with E-state index in [0.29, 0.717) is 29.4 Å². The van der Waals surface area contributed by atoms with Crippen molar-refractivity contribution in [2.75, 3.05) is 19.0 Å². The second-order valence-electron chi connectivity index (χ2n) is 5.25. The highest BCUT2D eigenvalue weighted by Gasteiger charge is 2.11. The normalized spacial score (nSPS) is 10.7. The Hall–Kier alpha value is -3.26. The number of hydrogen-bond acceptors (Lipinski definition) is 4. The van der Waals surface area contributed by atoms with E-state index in [-0.39, 0.29) is 5.57 Å². The van der Waals surface area contributed by atoms with Crippen molar-refractivity contribution < 1.29 is 14.3 Å². The molecule has 0 saturated heterocycles. The summed E-state index contributed by atoms with van der Waals surface area (Å²) >= 11 is 0. The van der Waals surface area contributed by atoms with Crippen molar-refractivity contribution in [2.45, 2.75) is 13.3 Å². The van der Waals surface area contributed by atoms with Crippen molar-refractivity contribution in [3.8, 4) is 17.6 Å². The van der Waals surface area contributed by atoms with Crippen LogP contribution in [0.25, 0.3) is 6.08 Å². The van der Waals surface area contributed by atoms with Gasteiger partial charge in [-0.2, -0.15) is 5.26 Å². The minimum Gasteiger partial charge on any atom is -0.493 e. The molecule has 0 atom stereocenters. The summed E-state index contributed by atoms with van der Waals surface area (Å²) in [4.78, 5) is 12.3. The second kappa shape index (κ2) is 9.14. The number of ether oxygens (including phenoxy) is 2. The minimum absolute atomic E-state index is 0.00753. The first-order valence-corrected chi connectivity index (χ1v) is 7.97. The van der Waals surface area contributed by atoms with Gasteiger partial charge in [0, 0.05) is 5.69 Å². The van der Waals surface area contributed by atoms with Crippen LogP contribution in [0.2, 0.25) is 0 Å². The molecule has 0 aromatic heterocycles. The monoisotopic (exact) mass is 336 g/mol. The molecule has 1 amide bonds. The molecule has 2 rings (SSSR count). The van der Waals surface area contributed by atoms with Crippen LogP contribution in [0.4, 0.5) is 5.69 Å². The lowest BCUT2D eigenvalue weighted by Crippen LogP contribution is -2.13. The van der Waals surface area contributed by atoms with Crippen LogP contribution in [0.3, 0.4) is 0 Å². The van der Waals surface area contributed by atoms with Gasteiger partial charge in [-0.15, -0.1) is 0 Å². The van der Waals surface area contributed by atoms with Crippen LogP contribution in [0.1, 0.15) is 18.9 Å². The van der Waals surface area contributed by atoms with Gasteiger partial charge in [-0.1, -0.05) is 31.2 Å². The zero-order valence-corrected chi connectivity index (χ0v) is 14.3. The maximum absolute atomic E-state index is 12.3. The number of nitrogens with one attached hydrogen (secondary N) is 1. The number of anilines is 1. The highest BCUT2D eigenvalue weighted by molar-refractivity contribution is 6.09. The number of carbonyl (C=O) groups is 1. The molecule has 5 nitrogen and oxygen atoms in total. The molecule has 1 N–H and O–H groups in total. The molecular weight excluding hydrogens is 316 g/mol. The quantitative estimate of drug-likeness (QED) is 0.612. The van der Waals surface area contributed by atoms with Gasteiger partial charge in [0.15, 0.2) is 11.5 Å². The van der Waals surface area contributed by atoms with E-state index in [4.69, 9.17) is 9.47 Å². The van der Waals surface area contributed by atoms with Crippen molar-refractivity contribution in [1.29, 1.82) is 5.26 Å². The average Bonchev–Trinajstić information content (AvgIpc) is 2.65. The van der Waals surface area contributed by atoms with Gasteiger partial charge in [-0.25, -0.2) is 0 Å². The Kier molecular flexibility index (Phi) is 6.61. The largest absolute Gasteiger partial charge is 0.493 e. The third-order valence-electron chi connectivity index (χ3n) is 3.36. The van der Waals surface area contributed by atoms with Gasteiger partial charge in [0.2, 0.25) is 0 Å². The Morgan fingerprint density at radius 2 is 1.96 bits per heavy atom. The van der Waals surface area contributed by atoms with Gasteiger partial charge in [0.1, 0.15) is 11.6 Å². The minimum atomic E-state index is -0.459. The van der Waals surface area contributed by atoms with E-state index >= 15 is 0 Å². The van der Waals surface area contributed by atoms with Crippen molar-refractivity contribution in [3.05, 3.63) is 59.7 Å². The highest BCUT2D eigenvalue weighted by atomic mass is 16.5. The molecule has 25 heavy (non-hydrogen) atoms. The van der Waals surface area contributed by atoms with E-state index in [1.54, 1.807) is 37.4 Å². The predicted octanol–water partition coefficient (Wildman–Crippen LogP) is 4.03. The first-order valence-electron chi connectivity index (χ1n) is 7.97.